The van der Waals surface area contributed by atoms with E-state index in [1.807, 2.05) is 0 Å². The molecule has 118 valence electrons. The minimum absolute atomic E-state index is 0.170. The third-order valence-corrected chi connectivity index (χ3v) is 4.14. The molecule has 8 nitrogen and oxygen atoms in total. The van der Waals surface area contributed by atoms with Crippen LogP contribution >= 0.6 is 0 Å². The molecule has 3 heterocycles. The monoisotopic (exact) mass is 311 g/mol. The molecule has 0 unspecified atom stereocenters. The number of fused-ring (bicyclic) bond motifs is 1. The zero-order valence-electron chi connectivity index (χ0n) is 12.5. The molecule has 1 saturated carbocycles. The van der Waals surface area contributed by atoms with E-state index in [0.717, 1.165) is 36.9 Å². The lowest BCUT2D eigenvalue weighted by molar-refractivity contribution is 0.126. The van der Waals surface area contributed by atoms with E-state index in [1.54, 1.807) is 29.3 Å². The normalized spacial score (nSPS) is 21.4. The number of rotatable bonds is 3. The maximum Gasteiger partial charge on any atom is 0.252 e. The third-order valence-electron chi connectivity index (χ3n) is 4.14. The van der Waals surface area contributed by atoms with Crippen molar-refractivity contribution >= 4 is 16.9 Å². The summed E-state index contributed by atoms with van der Waals surface area (Å²) in [4.78, 5) is 17.1. The van der Waals surface area contributed by atoms with Crippen molar-refractivity contribution < 1.29 is 5.11 Å². The molecule has 2 N–H and O–H groups in total. The van der Waals surface area contributed by atoms with Crippen LogP contribution in [0, 0.1) is 0 Å². The summed E-state index contributed by atoms with van der Waals surface area (Å²) in [6, 6.07) is 2.07. The van der Waals surface area contributed by atoms with Gasteiger partial charge >= 0.3 is 0 Å². The molecule has 8 heteroatoms. The number of aliphatic hydroxyl groups excluding tert-OH is 1. The van der Waals surface area contributed by atoms with Gasteiger partial charge in [0.2, 0.25) is 0 Å². The van der Waals surface area contributed by atoms with Crippen LogP contribution in [0.25, 0.3) is 17.0 Å². The third kappa shape index (κ3) is 2.72. The average Bonchev–Trinajstić information content (AvgIpc) is 3.03. The van der Waals surface area contributed by atoms with E-state index >= 15 is 0 Å². The first-order valence-electron chi connectivity index (χ1n) is 7.72. The topological polar surface area (TPSA) is 102 Å². The van der Waals surface area contributed by atoms with Crippen LogP contribution < -0.4 is 5.32 Å². The molecule has 0 atom stereocenters. The van der Waals surface area contributed by atoms with Crippen molar-refractivity contribution in [2.24, 2.45) is 0 Å². The lowest BCUT2D eigenvalue weighted by Crippen LogP contribution is -2.28. The molecule has 1 aliphatic rings. The molecule has 0 saturated heterocycles. The van der Waals surface area contributed by atoms with Gasteiger partial charge in [0.15, 0.2) is 5.65 Å². The minimum atomic E-state index is -0.170. The fourth-order valence-corrected chi connectivity index (χ4v) is 2.92. The largest absolute Gasteiger partial charge is 0.393 e. The van der Waals surface area contributed by atoms with Gasteiger partial charge in [-0.1, -0.05) is 0 Å². The highest BCUT2D eigenvalue weighted by Crippen LogP contribution is 2.25. The van der Waals surface area contributed by atoms with Gasteiger partial charge < -0.3 is 10.4 Å². The Labute approximate surface area is 132 Å². The van der Waals surface area contributed by atoms with Crippen LogP contribution in [-0.2, 0) is 0 Å². The summed E-state index contributed by atoms with van der Waals surface area (Å²) in [5, 5.41) is 18.2. The smallest absolute Gasteiger partial charge is 0.252 e. The van der Waals surface area contributed by atoms with Gasteiger partial charge in [0.1, 0.15) is 12.1 Å². The van der Waals surface area contributed by atoms with Gasteiger partial charge in [-0.05, 0) is 31.7 Å². The average molecular weight is 311 g/mol. The molecule has 0 aliphatic heterocycles. The van der Waals surface area contributed by atoms with Gasteiger partial charge in [0.05, 0.1) is 17.7 Å². The highest BCUT2D eigenvalue weighted by Gasteiger charge is 2.21. The molecule has 0 radical (unpaired) electrons. The van der Waals surface area contributed by atoms with Crippen molar-refractivity contribution in [1.29, 1.82) is 0 Å². The van der Waals surface area contributed by atoms with E-state index in [4.69, 9.17) is 0 Å². The second kappa shape index (κ2) is 5.88. The zero-order valence-corrected chi connectivity index (χ0v) is 12.5. The quantitative estimate of drug-likeness (QED) is 0.752. The molecule has 0 amide bonds. The van der Waals surface area contributed by atoms with Gasteiger partial charge in [0, 0.05) is 18.4 Å². The Morgan fingerprint density at radius 3 is 2.61 bits per heavy atom. The summed E-state index contributed by atoms with van der Waals surface area (Å²) in [6.45, 7) is 0. The molecule has 3 aromatic rings. The van der Waals surface area contributed by atoms with Crippen LogP contribution in [0.15, 0.2) is 31.0 Å². The fourth-order valence-electron chi connectivity index (χ4n) is 2.92. The van der Waals surface area contributed by atoms with Gasteiger partial charge in [-0.2, -0.15) is 9.78 Å². The predicted molar refractivity (Wildman–Crippen MR) is 84.1 cm³/mol. The van der Waals surface area contributed by atoms with Crippen LogP contribution in [0.5, 0.6) is 0 Å². The zero-order chi connectivity index (χ0) is 15.6. The van der Waals surface area contributed by atoms with Gasteiger partial charge in [0.25, 0.3) is 5.95 Å². The number of aliphatic hydroxyl groups is 1. The Morgan fingerprint density at radius 1 is 1.04 bits per heavy atom. The van der Waals surface area contributed by atoms with E-state index in [2.05, 4.69) is 30.4 Å². The number of hydrogen-bond acceptors (Lipinski definition) is 7. The summed E-state index contributed by atoms with van der Waals surface area (Å²) in [5.41, 5.74) is 0.671. The lowest BCUT2D eigenvalue weighted by Gasteiger charge is -2.26. The molecular weight excluding hydrogens is 294 g/mol. The Morgan fingerprint density at radius 2 is 1.83 bits per heavy atom. The highest BCUT2D eigenvalue weighted by molar-refractivity contribution is 5.86. The minimum Gasteiger partial charge on any atom is -0.393 e. The standard InChI is InChI=1S/C15H17N7O/c23-11-4-2-10(3-5-11)21-13-12-8-20-22(14(12)19-9-18-13)15-16-6-1-7-17-15/h1,6-11,23H,2-5H2,(H,18,19,21). The number of nitrogens with one attached hydrogen (secondary N) is 1. The van der Waals surface area contributed by atoms with Crippen molar-refractivity contribution in [2.45, 2.75) is 37.8 Å². The summed E-state index contributed by atoms with van der Waals surface area (Å²) in [6.07, 6.45) is 9.93. The molecule has 4 rings (SSSR count). The predicted octanol–water partition coefficient (Wildman–Crippen LogP) is 1.32. The number of hydrogen-bond donors (Lipinski definition) is 2. The van der Waals surface area contributed by atoms with E-state index in [9.17, 15) is 5.11 Å². The van der Waals surface area contributed by atoms with E-state index in [1.165, 1.54) is 6.33 Å². The summed E-state index contributed by atoms with van der Waals surface area (Å²) >= 11 is 0. The molecule has 23 heavy (non-hydrogen) atoms. The first kappa shape index (κ1) is 14.0. The molecule has 0 spiro atoms. The van der Waals surface area contributed by atoms with Gasteiger partial charge in [-0.3, -0.25) is 0 Å². The van der Waals surface area contributed by atoms with Gasteiger partial charge in [-0.15, -0.1) is 0 Å². The van der Waals surface area contributed by atoms with Crippen molar-refractivity contribution in [1.82, 2.24) is 29.7 Å². The second-order valence-corrected chi connectivity index (χ2v) is 5.71. The summed E-state index contributed by atoms with van der Waals surface area (Å²) in [5.74, 6) is 1.24. The molecule has 0 bridgehead atoms. The van der Waals surface area contributed by atoms with Crippen molar-refractivity contribution in [3.8, 4) is 5.95 Å². The van der Waals surface area contributed by atoms with Crippen molar-refractivity contribution in [3.05, 3.63) is 31.0 Å². The first-order chi connectivity index (χ1) is 11.3. The van der Waals surface area contributed by atoms with Crippen LogP contribution in [0.3, 0.4) is 0 Å². The Bertz CT molecular complexity index is 796. The van der Waals surface area contributed by atoms with Crippen molar-refractivity contribution in [3.63, 3.8) is 0 Å². The molecular formula is C15H17N7O. The second-order valence-electron chi connectivity index (χ2n) is 5.71. The van der Waals surface area contributed by atoms with Crippen LogP contribution in [0.1, 0.15) is 25.7 Å². The fraction of sp³-hybridized carbons (Fsp3) is 0.400. The van der Waals surface area contributed by atoms with Crippen molar-refractivity contribution in [2.75, 3.05) is 5.32 Å². The van der Waals surface area contributed by atoms with E-state index in [-0.39, 0.29) is 6.10 Å². The summed E-state index contributed by atoms with van der Waals surface area (Å²) in [7, 11) is 0. The SMILES string of the molecule is OC1CCC(Nc2ncnc3c2cnn3-c2ncccn2)CC1. The van der Waals surface area contributed by atoms with Crippen LogP contribution in [0.2, 0.25) is 0 Å². The highest BCUT2D eigenvalue weighted by atomic mass is 16.3. The van der Waals surface area contributed by atoms with Crippen LogP contribution in [0.4, 0.5) is 5.82 Å². The molecule has 1 fully saturated rings. The van der Waals surface area contributed by atoms with E-state index < -0.39 is 0 Å². The number of anilines is 1. The maximum absolute atomic E-state index is 9.61. The molecule has 3 aromatic heterocycles. The first-order valence-corrected chi connectivity index (χ1v) is 7.72. The Kier molecular flexibility index (Phi) is 3.58. The Hall–Kier alpha value is -2.61. The summed E-state index contributed by atoms with van der Waals surface area (Å²) < 4.78 is 1.60. The lowest BCUT2D eigenvalue weighted by atomic mass is 9.93. The molecule has 0 aromatic carbocycles. The maximum atomic E-state index is 9.61. The number of aromatic nitrogens is 6. The van der Waals surface area contributed by atoms with E-state index in [0.29, 0.717) is 17.6 Å². The number of nitrogens with zero attached hydrogens (tertiary/aromatic N) is 6. The Balaban J connectivity index is 1.65. The van der Waals surface area contributed by atoms with Crippen LogP contribution in [-0.4, -0.2) is 47.0 Å². The van der Waals surface area contributed by atoms with Gasteiger partial charge in [-0.25, -0.2) is 19.9 Å². The molecule has 1 aliphatic carbocycles.